The van der Waals surface area contributed by atoms with E-state index in [1.54, 1.807) is 11.1 Å². The fourth-order valence-corrected chi connectivity index (χ4v) is 6.03. The van der Waals surface area contributed by atoms with E-state index in [1.165, 1.54) is 45.1 Å². The predicted octanol–water partition coefficient (Wildman–Crippen LogP) is 4.11. The third kappa shape index (κ3) is 1.30. The van der Waals surface area contributed by atoms with E-state index in [0.717, 1.165) is 29.8 Å². The molecule has 100 valence electrons. The number of hydrogen-bond acceptors (Lipinski definition) is 1. The molecular formula is C18H23N. The van der Waals surface area contributed by atoms with Gasteiger partial charge in [-0.3, -0.25) is 4.90 Å². The van der Waals surface area contributed by atoms with Crippen molar-refractivity contribution in [1.29, 1.82) is 0 Å². The lowest BCUT2D eigenvalue weighted by Gasteiger charge is -2.59. The normalized spacial score (nSPS) is 43.7. The van der Waals surface area contributed by atoms with Gasteiger partial charge in [-0.05, 0) is 55.2 Å². The maximum Gasteiger partial charge on any atom is 0.0385 e. The fraction of sp³-hybridized carbons (Fsp3) is 0.667. The van der Waals surface area contributed by atoms with E-state index >= 15 is 0 Å². The van der Waals surface area contributed by atoms with Crippen molar-refractivity contribution in [1.82, 2.24) is 4.90 Å². The second kappa shape index (κ2) is 3.85. The summed E-state index contributed by atoms with van der Waals surface area (Å²) in [5.74, 6) is 2.86. The molecule has 5 aliphatic rings. The maximum absolute atomic E-state index is 2.92. The van der Waals surface area contributed by atoms with Crippen LogP contribution in [0.4, 0.5) is 0 Å². The fourth-order valence-electron chi connectivity index (χ4n) is 6.03. The molecular weight excluding hydrogens is 230 g/mol. The van der Waals surface area contributed by atoms with Crippen molar-refractivity contribution in [2.45, 2.75) is 56.5 Å². The Morgan fingerprint density at radius 2 is 1.68 bits per heavy atom. The van der Waals surface area contributed by atoms with Crippen LogP contribution in [0.25, 0.3) is 0 Å². The highest BCUT2D eigenvalue weighted by atomic mass is 15.2. The van der Waals surface area contributed by atoms with Gasteiger partial charge in [-0.15, -0.1) is 0 Å². The zero-order chi connectivity index (χ0) is 12.4. The lowest BCUT2D eigenvalue weighted by atomic mass is 9.59. The van der Waals surface area contributed by atoms with Gasteiger partial charge in [0.05, 0.1) is 0 Å². The summed E-state index contributed by atoms with van der Waals surface area (Å²) in [7, 11) is 0. The summed E-state index contributed by atoms with van der Waals surface area (Å²) in [4.78, 5) is 2.92. The Bertz CT molecular complexity index is 463. The lowest BCUT2D eigenvalue weighted by molar-refractivity contribution is -0.0440. The highest BCUT2D eigenvalue weighted by molar-refractivity contribution is 5.42. The van der Waals surface area contributed by atoms with Crippen LogP contribution in [0.3, 0.4) is 0 Å². The topological polar surface area (TPSA) is 3.24 Å². The summed E-state index contributed by atoms with van der Waals surface area (Å²) in [6.07, 6.45) is 8.83. The van der Waals surface area contributed by atoms with Crippen LogP contribution in [-0.2, 0) is 0 Å². The SMILES string of the molecule is c1ccc2c(c1)C1C3CCCCN3C2[C@H]2CCC[C@@H]12. The Kier molecular flexibility index (Phi) is 2.21. The molecule has 3 heterocycles. The van der Waals surface area contributed by atoms with E-state index in [4.69, 9.17) is 0 Å². The highest BCUT2D eigenvalue weighted by Crippen LogP contribution is 2.62. The third-order valence-electron chi connectivity index (χ3n) is 6.53. The molecule has 3 unspecified atom stereocenters. The zero-order valence-corrected chi connectivity index (χ0v) is 11.6. The first kappa shape index (κ1) is 10.9. The zero-order valence-electron chi connectivity index (χ0n) is 11.6. The lowest BCUT2D eigenvalue weighted by Crippen LogP contribution is -2.58. The average molecular weight is 253 g/mol. The van der Waals surface area contributed by atoms with Crippen molar-refractivity contribution in [3.8, 4) is 0 Å². The Labute approximate surface area is 116 Å². The standard InChI is InChI=1S/C18H23N/c1-2-7-14-12(6-1)17-13-8-5-9-15(13)18(14)19-11-4-3-10-16(17)19/h1-2,6-7,13,15-18H,3-5,8-11H2/t13-,15+,16?,17?,18?/m1/s1. The third-order valence-corrected chi connectivity index (χ3v) is 6.53. The Morgan fingerprint density at radius 3 is 2.63 bits per heavy atom. The first-order valence-corrected chi connectivity index (χ1v) is 8.30. The van der Waals surface area contributed by atoms with Gasteiger partial charge in [-0.1, -0.05) is 37.1 Å². The summed E-state index contributed by atoms with van der Waals surface area (Å²) < 4.78 is 0. The molecule has 1 aromatic carbocycles. The summed E-state index contributed by atoms with van der Waals surface area (Å²) in [6, 6.07) is 11.1. The van der Waals surface area contributed by atoms with Gasteiger partial charge in [0.25, 0.3) is 0 Å². The smallest absolute Gasteiger partial charge is 0.0385 e. The molecule has 5 atom stereocenters. The van der Waals surface area contributed by atoms with E-state index in [1.807, 2.05) is 0 Å². The Balaban J connectivity index is 1.71. The molecule has 3 aliphatic heterocycles. The van der Waals surface area contributed by atoms with Crippen LogP contribution in [0.15, 0.2) is 24.3 Å². The van der Waals surface area contributed by atoms with Crippen LogP contribution in [0, 0.1) is 11.8 Å². The molecule has 3 fully saturated rings. The van der Waals surface area contributed by atoms with Gasteiger partial charge in [0.15, 0.2) is 0 Å². The first-order chi connectivity index (χ1) is 9.45. The van der Waals surface area contributed by atoms with Gasteiger partial charge >= 0.3 is 0 Å². The molecule has 2 aliphatic carbocycles. The molecule has 0 aromatic heterocycles. The van der Waals surface area contributed by atoms with Gasteiger partial charge in [0, 0.05) is 18.0 Å². The van der Waals surface area contributed by atoms with Gasteiger partial charge in [0.2, 0.25) is 0 Å². The predicted molar refractivity (Wildman–Crippen MR) is 77.1 cm³/mol. The van der Waals surface area contributed by atoms with Crippen molar-refractivity contribution in [3.05, 3.63) is 35.4 Å². The quantitative estimate of drug-likeness (QED) is 0.672. The molecule has 0 spiro atoms. The first-order valence-electron chi connectivity index (χ1n) is 8.30. The van der Waals surface area contributed by atoms with E-state index < -0.39 is 0 Å². The number of hydrogen-bond donors (Lipinski definition) is 0. The van der Waals surface area contributed by atoms with Crippen molar-refractivity contribution in [2.75, 3.05) is 6.54 Å². The number of nitrogens with zero attached hydrogens (tertiary/aromatic N) is 1. The second-order valence-electron chi connectivity index (χ2n) is 7.16. The Morgan fingerprint density at radius 1 is 0.842 bits per heavy atom. The number of benzene rings is 1. The summed E-state index contributed by atoms with van der Waals surface area (Å²) >= 11 is 0. The van der Waals surface area contributed by atoms with Crippen molar-refractivity contribution in [3.63, 3.8) is 0 Å². The van der Waals surface area contributed by atoms with Crippen molar-refractivity contribution >= 4 is 0 Å². The molecule has 1 nitrogen and oxygen atoms in total. The van der Waals surface area contributed by atoms with Gasteiger partial charge in [0.1, 0.15) is 0 Å². The molecule has 0 N–H and O–H groups in total. The minimum absolute atomic E-state index is 0.777. The highest BCUT2D eigenvalue weighted by Gasteiger charge is 2.56. The molecule has 0 amide bonds. The van der Waals surface area contributed by atoms with Crippen LogP contribution in [0.2, 0.25) is 0 Å². The van der Waals surface area contributed by atoms with Gasteiger partial charge in [-0.25, -0.2) is 0 Å². The molecule has 2 saturated heterocycles. The second-order valence-corrected chi connectivity index (χ2v) is 7.16. The molecule has 0 radical (unpaired) electrons. The molecule has 19 heavy (non-hydrogen) atoms. The van der Waals surface area contributed by atoms with Crippen molar-refractivity contribution < 1.29 is 0 Å². The van der Waals surface area contributed by atoms with Gasteiger partial charge in [-0.2, -0.15) is 0 Å². The monoisotopic (exact) mass is 253 g/mol. The summed E-state index contributed by atoms with van der Waals surface area (Å²) in [5.41, 5.74) is 3.44. The van der Waals surface area contributed by atoms with Crippen LogP contribution in [-0.4, -0.2) is 17.5 Å². The van der Waals surface area contributed by atoms with Crippen LogP contribution in [0.1, 0.15) is 61.6 Å². The molecule has 1 saturated carbocycles. The van der Waals surface area contributed by atoms with Gasteiger partial charge < -0.3 is 0 Å². The summed E-state index contributed by atoms with van der Waals surface area (Å²) in [5, 5.41) is 0. The average Bonchev–Trinajstić information content (AvgIpc) is 2.96. The Hall–Kier alpha value is -0.820. The van der Waals surface area contributed by atoms with Crippen molar-refractivity contribution in [2.24, 2.45) is 11.8 Å². The van der Waals surface area contributed by atoms with Crippen LogP contribution < -0.4 is 0 Å². The molecule has 1 heteroatoms. The van der Waals surface area contributed by atoms with E-state index in [2.05, 4.69) is 29.2 Å². The minimum atomic E-state index is 0.777. The van der Waals surface area contributed by atoms with E-state index in [9.17, 15) is 0 Å². The molecule has 6 rings (SSSR count). The molecule has 2 bridgehead atoms. The molecule has 1 aromatic rings. The summed E-state index contributed by atoms with van der Waals surface area (Å²) in [6.45, 7) is 1.36. The maximum atomic E-state index is 2.92. The number of rotatable bonds is 0. The van der Waals surface area contributed by atoms with E-state index in [0.29, 0.717) is 0 Å². The number of piperidine rings is 2. The largest absolute Gasteiger partial charge is 0.292 e. The van der Waals surface area contributed by atoms with Crippen LogP contribution >= 0.6 is 0 Å². The minimum Gasteiger partial charge on any atom is -0.292 e. The van der Waals surface area contributed by atoms with Crippen LogP contribution in [0.5, 0.6) is 0 Å². The van der Waals surface area contributed by atoms with E-state index in [-0.39, 0.29) is 0 Å².